The Labute approximate surface area is 88.3 Å². The molecule has 0 aromatic carbocycles. The summed E-state index contributed by atoms with van der Waals surface area (Å²) in [7, 11) is 0. The van der Waals surface area contributed by atoms with Crippen molar-refractivity contribution in [2.24, 2.45) is 0 Å². The molecule has 1 aliphatic rings. The number of carbonyl (C=O) groups is 1. The Morgan fingerprint density at radius 1 is 1.71 bits per heavy atom. The fourth-order valence-electron chi connectivity index (χ4n) is 2.31. The average molecular weight is 209 g/mol. The van der Waals surface area contributed by atoms with Crippen LogP contribution in [0.5, 0.6) is 0 Å². The molecule has 0 spiro atoms. The van der Waals surface area contributed by atoms with Crippen LogP contribution in [-0.4, -0.2) is 11.9 Å². The molecule has 1 aromatic heterocycles. The van der Waals surface area contributed by atoms with Crippen LogP contribution in [0.3, 0.4) is 0 Å². The van der Waals surface area contributed by atoms with Gasteiger partial charge in [-0.15, -0.1) is 0 Å². The third-order valence-electron chi connectivity index (χ3n) is 3.22. The Hall–Kier alpha value is -0.830. The Bertz CT molecular complexity index is 333. The number of rotatable bonds is 2. The molecule has 2 heterocycles. The smallest absolute Gasteiger partial charge is 0.221 e. The van der Waals surface area contributed by atoms with E-state index < -0.39 is 0 Å². The molecule has 1 amide bonds. The number of amides is 1. The van der Waals surface area contributed by atoms with Gasteiger partial charge < -0.3 is 5.32 Å². The van der Waals surface area contributed by atoms with E-state index in [-0.39, 0.29) is 11.3 Å². The monoisotopic (exact) mass is 209 g/mol. The molecule has 0 radical (unpaired) electrons. The summed E-state index contributed by atoms with van der Waals surface area (Å²) >= 11 is 1.70. The van der Waals surface area contributed by atoms with E-state index >= 15 is 0 Å². The molecule has 2 nitrogen and oxygen atoms in total. The SMILES string of the molecule is CCC1NC(=O)CC1(C)c1ccsc1. The molecule has 1 N–H and O–H groups in total. The van der Waals surface area contributed by atoms with Crippen molar-refractivity contribution < 1.29 is 4.79 Å². The van der Waals surface area contributed by atoms with Crippen molar-refractivity contribution in [2.45, 2.75) is 38.1 Å². The van der Waals surface area contributed by atoms with Crippen LogP contribution in [0.25, 0.3) is 0 Å². The van der Waals surface area contributed by atoms with Crippen LogP contribution in [0.2, 0.25) is 0 Å². The third-order valence-corrected chi connectivity index (χ3v) is 3.90. The molecule has 2 atom stereocenters. The van der Waals surface area contributed by atoms with Crippen molar-refractivity contribution in [3.05, 3.63) is 22.4 Å². The Kier molecular flexibility index (Phi) is 2.35. The van der Waals surface area contributed by atoms with Gasteiger partial charge in [0.2, 0.25) is 5.91 Å². The molecule has 1 aliphatic heterocycles. The molecule has 0 bridgehead atoms. The standard InChI is InChI=1S/C11H15NOS/c1-3-9-11(2,6-10(13)12-9)8-4-5-14-7-8/h4-5,7,9H,3,6H2,1-2H3,(H,12,13). The molecule has 76 valence electrons. The molecule has 2 unspecified atom stereocenters. The average Bonchev–Trinajstić information content (AvgIpc) is 2.73. The van der Waals surface area contributed by atoms with Crippen LogP contribution >= 0.6 is 11.3 Å². The van der Waals surface area contributed by atoms with Gasteiger partial charge in [-0.2, -0.15) is 11.3 Å². The highest BCUT2D eigenvalue weighted by atomic mass is 32.1. The highest BCUT2D eigenvalue weighted by molar-refractivity contribution is 7.08. The summed E-state index contributed by atoms with van der Waals surface area (Å²) in [4.78, 5) is 11.4. The van der Waals surface area contributed by atoms with Crippen molar-refractivity contribution >= 4 is 17.2 Å². The van der Waals surface area contributed by atoms with E-state index in [4.69, 9.17) is 0 Å². The van der Waals surface area contributed by atoms with Crippen LogP contribution in [0.4, 0.5) is 0 Å². The van der Waals surface area contributed by atoms with E-state index in [2.05, 4.69) is 36.0 Å². The summed E-state index contributed by atoms with van der Waals surface area (Å²) < 4.78 is 0. The van der Waals surface area contributed by atoms with Crippen LogP contribution in [0, 0.1) is 0 Å². The zero-order valence-corrected chi connectivity index (χ0v) is 9.36. The fourth-order valence-corrected chi connectivity index (χ4v) is 3.10. The summed E-state index contributed by atoms with van der Waals surface area (Å²) in [5, 5.41) is 7.28. The minimum atomic E-state index is 0.00579. The normalized spacial score (nSPS) is 31.9. The topological polar surface area (TPSA) is 29.1 Å². The Morgan fingerprint density at radius 2 is 2.50 bits per heavy atom. The van der Waals surface area contributed by atoms with Gasteiger partial charge >= 0.3 is 0 Å². The lowest BCUT2D eigenvalue weighted by atomic mass is 9.76. The molecular weight excluding hydrogens is 194 g/mol. The van der Waals surface area contributed by atoms with Gasteiger partial charge in [0.25, 0.3) is 0 Å². The molecule has 0 aliphatic carbocycles. The van der Waals surface area contributed by atoms with E-state index in [0.29, 0.717) is 12.5 Å². The molecule has 0 saturated carbocycles. The van der Waals surface area contributed by atoms with Gasteiger partial charge in [0.1, 0.15) is 0 Å². The predicted octanol–water partition coefficient (Wildman–Crippen LogP) is 2.30. The second-order valence-corrected chi connectivity index (χ2v) is 4.91. The Balaban J connectivity index is 2.34. The second kappa shape index (κ2) is 3.39. The molecular formula is C11H15NOS. The molecule has 14 heavy (non-hydrogen) atoms. The maximum Gasteiger partial charge on any atom is 0.221 e. The van der Waals surface area contributed by atoms with E-state index in [1.165, 1.54) is 5.56 Å². The predicted molar refractivity (Wildman–Crippen MR) is 58.5 cm³/mol. The quantitative estimate of drug-likeness (QED) is 0.795. The highest BCUT2D eigenvalue weighted by Gasteiger charge is 2.43. The lowest BCUT2D eigenvalue weighted by molar-refractivity contribution is -0.119. The number of nitrogens with one attached hydrogen (secondary N) is 1. The van der Waals surface area contributed by atoms with Crippen molar-refractivity contribution in [1.82, 2.24) is 5.32 Å². The number of hydrogen-bond donors (Lipinski definition) is 1. The fraction of sp³-hybridized carbons (Fsp3) is 0.545. The first-order chi connectivity index (χ1) is 6.66. The maximum atomic E-state index is 11.4. The molecule has 3 heteroatoms. The molecule has 1 aromatic rings. The number of carbonyl (C=O) groups excluding carboxylic acids is 1. The van der Waals surface area contributed by atoms with Gasteiger partial charge in [0.15, 0.2) is 0 Å². The van der Waals surface area contributed by atoms with Crippen molar-refractivity contribution in [2.75, 3.05) is 0 Å². The van der Waals surface area contributed by atoms with Gasteiger partial charge in [-0.3, -0.25) is 4.79 Å². The molecule has 2 rings (SSSR count). The zero-order chi connectivity index (χ0) is 10.2. The van der Waals surface area contributed by atoms with E-state index in [1.54, 1.807) is 11.3 Å². The first-order valence-electron chi connectivity index (χ1n) is 4.99. The van der Waals surface area contributed by atoms with Gasteiger partial charge in [0, 0.05) is 17.9 Å². The van der Waals surface area contributed by atoms with Crippen LogP contribution < -0.4 is 5.32 Å². The summed E-state index contributed by atoms with van der Waals surface area (Å²) in [6.45, 7) is 4.31. The van der Waals surface area contributed by atoms with E-state index in [9.17, 15) is 4.79 Å². The Morgan fingerprint density at radius 3 is 3.07 bits per heavy atom. The summed E-state index contributed by atoms with van der Waals surface area (Å²) in [6.07, 6.45) is 1.63. The summed E-state index contributed by atoms with van der Waals surface area (Å²) in [5.74, 6) is 0.186. The third kappa shape index (κ3) is 1.36. The molecule has 1 saturated heterocycles. The van der Waals surface area contributed by atoms with Gasteiger partial charge in [-0.05, 0) is 28.8 Å². The van der Waals surface area contributed by atoms with E-state index in [1.807, 2.05) is 0 Å². The van der Waals surface area contributed by atoms with E-state index in [0.717, 1.165) is 6.42 Å². The molecule has 1 fully saturated rings. The van der Waals surface area contributed by atoms with Gasteiger partial charge in [-0.25, -0.2) is 0 Å². The summed E-state index contributed by atoms with van der Waals surface area (Å²) in [6, 6.07) is 2.43. The minimum absolute atomic E-state index is 0.00579. The van der Waals surface area contributed by atoms with Crippen LogP contribution in [-0.2, 0) is 10.2 Å². The number of hydrogen-bond acceptors (Lipinski definition) is 2. The van der Waals surface area contributed by atoms with Crippen molar-refractivity contribution in [3.8, 4) is 0 Å². The summed E-state index contributed by atoms with van der Waals surface area (Å²) in [5.41, 5.74) is 1.30. The lowest BCUT2D eigenvalue weighted by Crippen LogP contribution is -2.37. The van der Waals surface area contributed by atoms with Crippen molar-refractivity contribution in [1.29, 1.82) is 0 Å². The lowest BCUT2D eigenvalue weighted by Gasteiger charge is -2.28. The first kappa shape index (κ1) is 9.71. The first-order valence-corrected chi connectivity index (χ1v) is 5.93. The highest BCUT2D eigenvalue weighted by Crippen LogP contribution is 2.37. The second-order valence-electron chi connectivity index (χ2n) is 4.13. The van der Waals surface area contributed by atoms with Gasteiger partial charge in [0.05, 0.1) is 0 Å². The largest absolute Gasteiger partial charge is 0.352 e. The van der Waals surface area contributed by atoms with Crippen molar-refractivity contribution in [3.63, 3.8) is 0 Å². The van der Waals surface area contributed by atoms with Crippen LogP contribution in [0.1, 0.15) is 32.3 Å². The maximum absolute atomic E-state index is 11.4. The van der Waals surface area contributed by atoms with Crippen LogP contribution in [0.15, 0.2) is 16.8 Å². The number of thiophene rings is 1. The zero-order valence-electron chi connectivity index (χ0n) is 8.54. The minimum Gasteiger partial charge on any atom is -0.352 e. The van der Waals surface area contributed by atoms with Gasteiger partial charge in [-0.1, -0.05) is 13.8 Å².